The Balaban J connectivity index is 0.000000292. The SMILES string of the molecule is CC1SC(=O)NC1=O.CCC. The summed E-state index contributed by atoms with van der Waals surface area (Å²) in [6.07, 6.45) is 1.25. The first-order valence-electron chi connectivity index (χ1n) is 3.63. The third-order valence-corrected chi connectivity index (χ3v) is 1.76. The van der Waals surface area contributed by atoms with Crippen molar-refractivity contribution in [1.29, 1.82) is 0 Å². The van der Waals surface area contributed by atoms with Crippen LogP contribution < -0.4 is 5.32 Å². The maximum Gasteiger partial charge on any atom is 0.286 e. The molecule has 0 spiro atoms. The van der Waals surface area contributed by atoms with Gasteiger partial charge in [-0.1, -0.05) is 32.0 Å². The third kappa shape index (κ3) is 4.03. The van der Waals surface area contributed by atoms with Gasteiger partial charge in [-0.15, -0.1) is 0 Å². The lowest BCUT2D eigenvalue weighted by Crippen LogP contribution is -2.22. The van der Waals surface area contributed by atoms with E-state index in [9.17, 15) is 9.59 Å². The van der Waals surface area contributed by atoms with Crippen molar-refractivity contribution >= 4 is 22.9 Å². The minimum Gasteiger partial charge on any atom is -0.286 e. The number of hydrogen-bond acceptors (Lipinski definition) is 3. The van der Waals surface area contributed by atoms with Crippen LogP contribution in [0.3, 0.4) is 0 Å². The number of thioether (sulfide) groups is 1. The van der Waals surface area contributed by atoms with Gasteiger partial charge >= 0.3 is 0 Å². The van der Waals surface area contributed by atoms with Crippen molar-refractivity contribution < 1.29 is 9.59 Å². The number of nitrogens with one attached hydrogen (secondary N) is 1. The molecule has 1 aliphatic rings. The number of hydrogen-bond donors (Lipinski definition) is 1. The van der Waals surface area contributed by atoms with Gasteiger partial charge in [-0.25, -0.2) is 0 Å². The molecule has 0 radical (unpaired) electrons. The Morgan fingerprint density at radius 2 is 1.91 bits per heavy atom. The molecule has 0 saturated carbocycles. The first-order chi connectivity index (χ1) is 5.11. The molecule has 0 aromatic rings. The topological polar surface area (TPSA) is 46.2 Å². The lowest BCUT2D eigenvalue weighted by molar-refractivity contribution is -0.118. The van der Waals surface area contributed by atoms with Crippen LogP contribution in [0.1, 0.15) is 27.2 Å². The number of carbonyl (C=O) groups is 2. The molecule has 1 fully saturated rings. The van der Waals surface area contributed by atoms with Crippen LogP contribution >= 0.6 is 11.8 Å². The summed E-state index contributed by atoms with van der Waals surface area (Å²) in [7, 11) is 0. The maximum atomic E-state index is 10.4. The van der Waals surface area contributed by atoms with Crippen molar-refractivity contribution in [1.82, 2.24) is 5.32 Å². The third-order valence-electron chi connectivity index (χ3n) is 0.878. The smallest absolute Gasteiger partial charge is 0.286 e. The minimum atomic E-state index is -0.234. The zero-order chi connectivity index (χ0) is 8.85. The van der Waals surface area contributed by atoms with Crippen molar-refractivity contribution in [3.8, 4) is 0 Å². The first kappa shape index (κ1) is 10.5. The van der Waals surface area contributed by atoms with Gasteiger partial charge in [0.05, 0.1) is 5.25 Å². The molecule has 64 valence electrons. The highest BCUT2D eigenvalue weighted by Crippen LogP contribution is 2.16. The van der Waals surface area contributed by atoms with E-state index in [1.54, 1.807) is 6.92 Å². The standard InChI is InChI=1S/C4H5NO2S.C3H8/c1-2-3(6)5-4(7)8-2;1-3-2/h2H,1H3,(H,5,6,7);3H2,1-2H3. The molecule has 3 nitrogen and oxygen atoms in total. The molecule has 1 unspecified atom stereocenters. The lowest BCUT2D eigenvalue weighted by Gasteiger charge is -1.87. The van der Waals surface area contributed by atoms with Crippen molar-refractivity contribution in [3.05, 3.63) is 0 Å². The molecule has 0 aromatic heterocycles. The van der Waals surface area contributed by atoms with Crippen molar-refractivity contribution in [2.24, 2.45) is 0 Å². The van der Waals surface area contributed by atoms with Crippen LogP contribution in [0.5, 0.6) is 0 Å². The van der Waals surface area contributed by atoms with E-state index in [0.717, 1.165) is 11.8 Å². The van der Waals surface area contributed by atoms with Crippen molar-refractivity contribution in [3.63, 3.8) is 0 Å². The Labute approximate surface area is 70.9 Å². The van der Waals surface area contributed by atoms with Gasteiger partial charge in [-0.2, -0.15) is 0 Å². The average Bonchev–Trinajstić information content (AvgIpc) is 2.12. The summed E-state index contributed by atoms with van der Waals surface area (Å²) >= 11 is 1.03. The summed E-state index contributed by atoms with van der Waals surface area (Å²) in [5.74, 6) is -0.181. The molecule has 1 aliphatic heterocycles. The molecule has 11 heavy (non-hydrogen) atoms. The predicted octanol–water partition coefficient (Wildman–Crippen LogP) is 1.77. The van der Waals surface area contributed by atoms with Crippen LogP contribution in [0, 0.1) is 0 Å². The van der Waals surface area contributed by atoms with Crippen LogP contribution in [0.25, 0.3) is 0 Å². The largest absolute Gasteiger partial charge is 0.286 e. The number of amides is 2. The molecule has 4 heteroatoms. The summed E-state index contributed by atoms with van der Waals surface area (Å²) in [5.41, 5.74) is 0. The van der Waals surface area contributed by atoms with E-state index in [0.29, 0.717) is 0 Å². The van der Waals surface area contributed by atoms with Crippen LogP contribution in [-0.2, 0) is 4.79 Å². The number of carbonyl (C=O) groups excluding carboxylic acids is 2. The highest BCUT2D eigenvalue weighted by molar-refractivity contribution is 8.15. The summed E-state index contributed by atoms with van der Waals surface area (Å²) in [6, 6.07) is 0. The molecule has 2 amide bonds. The fourth-order valence-corrected chi connectivity index (χ4v) is 1.09. The lowest BCUT2D eigenvalue weighted by atomic mass is 10.5. The van der Waals surface area contributed by atoms with Gasteiger partial charge in [-0.3, -0.25) is 14.9 Å². The van der Waals surface area contributed by atoms with E-state index in [4.69, 9.17) is 0 Å². The molecule has 1 atom stereocenters. The molecule has 0 aliphatic carbocycles. The zero-order valence-corrected chi connectivity index (χ0v) is 7.83. The van der Waals surface area contributed by atoms with Crippen LogP contribution in [-0.4, -0.2) is 16.4 Å². The molecule has 1 N–H and O–H groups in total. The predicted molar refractivity (Wildman–Crippen MR) is 46.6 cm³/mol. The summed E-state index contributed by atoms with van der Waals surface area (Å²) in [5, 5.41) is 1.73. The molecule has 1 heterocycles. The van der Waals surface area contributed by atoms with Gasteiger partial charge in [-0.05, 0) is 6.92 Å². The Hall–Kier alpha value is -0.510. The highest BCUT2D eigenvalue weighted by atomic mass is 32.2. The second-order valence-corrected chi connectivity index (χ2v) is 3.56. The Kier molecular flexibility index (Phi) is 4.94. The van der Waals surface area contributed by atoms with Gasteiger partial charge < -0.3 is 0 Å². The van der Waals surface area contributed by atoms with E-state index in [1.807, 2.05) is 0 Å². The van der Waals surface area contributed by atoms with Gasteiger partial charge in [0.2, 0.25) is 5.91 Å². The maximum absolute atomic E-state index is 10.4. The van der Waals surface area contributed by atoms with Gasteiger partial charge in [0.1, 0.15) is 0 Å². The van der Waals surface area contributed by atoms with Crippen molar-refractivity contribution in [2.45, 2.75) is 32.4 Å². The molecular weight excluding hydrogens is 162 g/mol. The monoisotopic (exact) mass is 175 g/mol. The van der Waals surface area contributed by atoms with E-state index in [2.05, 4.69) is 19.2 Å². The summed E-state index contributed by atoms with van der Waals surface area (Å²) in [6.45, 7) is 5.95. The van der Waals surface area contributed by atoms with Gasteiger partial charge in [0.15, 0.2) is 0 Å². The molecule has 1 rings (SSSR count). The van der Waals surface area contributed by atoms with Gasteiger partial charge in [0.25, 0.3) is 5.24 Å². The Morgan fingerprint density at radius 1 is 1.45 bits per heavy atom. The summed E-state index contributed by atoms with van der Waals surface area (Å²) in [4.78, 5) is 20.7. The number of rotatable bonds is 0. The minimum absolute atomic E-state index is 0.181. The first-order valence-corrected chi connectivity index (χ1v) is 4.51. The van der Waals surface area contributed by atoms with Crippen LogP contribution in [0.4, 0.5) is 4.79 Å². The number of imide groups is 1. The van der Waals surface area contributed by atoms with Crippen LogP contribution in [0.2, 0.25) is 0 Å². The van der Waals surface area contributed by atoms with Gasteiger partial charge in [0, 0.05) is 0 Å². The van der Waals surface area contributed by atoms with E-state index >= 15 is 0 Å². The van der Waals surface area contributed by atoms with E-state index < -0.39 is 0 Å². The molecule has 0 bridgehead atoms. The van der Waals surface area contributed by atoms with Crippen molar-refractivity contribution in [2.75, 3.05) is 0 Å². The highest BCUT2D eigenvalue weighted by Gasteiger charge is 2.26. The fraction of sp³-hybridized carbons (Fsp3) is 0.714. The average molecular weight is 175 g/mol. The fourth-order valence-electron chi connectivity index (χ4n) is 0.446. The Bertz CT molecular complexity index is 159. The van der Waals surface area contributed by atoms with E-state index in [1.165, 1.54) is 6.42 Å². The zero-order valence-electron chi connectivity index (χ0n) is 7.01. The van der Waals surface area contributed by atoms with Crippen LogP contribution in [0.15, 0.2) is 0 Å². The molecule has 1 saturated heterocycles. The normalized spacial score (nSPS) is 22.3. The van der Waals surface area contributed by atoms with E-state index in [-0.39, 0.29) is 16.4 Å². The quantitative estimate of drug-likeness (QED) is 0.610. The second kappa shape index (κ2) is 5.18. The summed E-state index contributed by atoms with van der Waals surface area (Å²) < 4.78 is 0. The Morgan fingerprint density at radius 3 is 2.00 bits per heavy atom. The second-order valence-electron chi connectivity index (χ2n) is 2.24. The molecule has 0 aromatic carbocycles. The molecular formula is C7H13NO2S.